The minimum atomic E-state index is 0.0556. The van der Waals surface area contributed by atoms with Gasteiger partial charge in [0.15, 0.2) is 0 Å². The Kier molecular flexibility index (Phi) is 55.4. The Morgan fingerprint density at radius 3 is 1.25 bits per heavy atom. The number of rotatable bonds is 0. The molecule has 0 spiro atoms. The van der Waals surface area contributed by atoms with Crippen molar-refractivity contribution >= 4 is 16.2 Å². The minimum absolute atomic E-state index is 0.0556. The maximum atomic E-state index is 8.39. The van der Waals surface area contributed by atoms with Gasteiger partial charge in [-0.05, 0) is 0 Å². The molecule has 0 aromatic rings. The van der Waals surface area contributed by atoms with Gasteiger partial charge in [0.1, 0.15) is 0 Å². The predicted octanol–water partition coefficient (Wildman–Crippen LogP) is -0.886. The van der Waals surface area contributed by atoms with Gasteiger partial charge >= 0.3 is 60.7 Å². The summed E-state index contributed by atoms with van der Waals surface area (Å²) >= 11 is 0.667. The monoisotopic (exact) mass is 200 g/mol. The van der Waals surface area contributed by atoms with Gasteiger partial charge in [0.2, 0.25) is 0 Å². The normalized spacial score (nSPS) is 1.50. The Morgan fingerprint density at radius 2 is 1.25 bits per heavy atom. The van der Waals surface area contributed by atoms with Crippen LogP contribution in [-0.2, 0) is 4.74 Å². The first-order chi connectivity index (χ1) is 2.00. The van der Waals surface area contributed by atoms with Gasteiger partial charge in [-0.25, -0.2) is 0 Å². The molecule has 0 saturated heterocycles. The molecule has 0 radical (unpaired) electrons. The average Bonchev–Trinajstić information content (AvgIpc) is 1.50. The summed E-state index contributed by atoms with van der Waals surface area (Å²) in [6.45, 7) is 0. The third-order valence-corrected chi connectivity index (χ3v) is 0. The summed E-state index contributed by atoms with van der Waals surface area (Å²) in [5.74, 6) is 0. The van der Waals surface area contributed by atoms with Crippen LogP contribution in [0.5, 0.6) is 0 Å². The van der Waals surface area contributed by atoms with Crippen LogP contribution in [0.25, 0.3) is 0 Å². The second kappa shape index (κ2) is 24.4. The van der Waals surface area contributed by atoms with Crippen LogP contribution in [0.2, 0.25) is 0 Å². The Hall–Kier alpha value is 1.51. The van der Waals surface area contributed by atoms with Gasteiger partial charge in [-0.15, -0.1) is 0 Å². The van der Waals surface area contributed by atoms with E-state index < -0.39 is 0 Å². The fraction of sp³-hybridized carbons (Fsp3) is 0. The Balaban J connectivity index is 0. The molecule has 0 aliphatic carbocycles. The van der Waals surface area contributed by atoms with E-state index in [1.165, 1.54) is 0 Å². The van der Waals surface area contributed by atoms with Gasteiger partial charge in [0, 0.05) is 0 Å². The molecule has 0 aliphatic heterocycles. The zero-order valence-electron chi connectivity index (χ0n) is 2.02. The van der Waals surface area contributed by atoms with E-state index >= 15 is 0 Å². The molecule has 0 rings (SSSR count). The summed E-state index contributed by atoms with van der Waals surface area (Å²) in [5, 5.41) is 0. The summed E-state index contributed by atoms with van der Waals surface area (Å²) in [7, 11) is 0. The third kappa shape index (κ3) is 9.70. The molecule has 0 bridgehead atoms. The molecule has 0 saturated carbocycles. The van der Waals surface area contributed by atoms with E-state index in [1.807, 2.05) is 0 Å². The molecule has 4 heteroatoms. The van der Waals surface area contributed by atoms with Gasteiger partial charge in [-0.1, -0.05) is 0 Å². The number of hydrogen-bond donors (Lipinski definition) is 0. The van der Waals surface area contributed by atoms with E-state index in [1.54, 1.807) is 0 Å². The fourth-order valence-electron chi connectivity index (χ4n) is 0. The molecule has 0 aliphatic rings. The molecule has 2 nitrogen and oxygen atoms in total. The molecule has 0 aromatic carbocycles. The van der Waals surface area contributed by atoms with Crippen molar-refractivity contribution in [1.82, 2.24) is 0 Å². The first-order valence-corrected chi connectivity index (χ1v) is 2.35. The van der Waals surface area contributed by atoms with E-state index in [-0.39, 0.29) is 39.8 Å². The van der Waals surface area contributed by atoms with Gasteiger partial charge in [-0.3, -0.25) is 0 Å². The van der Waals surface area contributed by atoms with E-state index in [2.05, 4.69) is 0 Å². The maximum absolute atomic E-state index is 8.39. The van der Waals surface area contributed by atoms with Crippen LogP contribution in [0.1, 0.15) is 0 Å². The molecule has 0 N–H and O–H groups in total. The predicted molar refractivity (Wildman–Crippen MR) is 8.52 cm³/mol. The molecule has 0 heterocycles. The van der Waals surface area contributed by atoms with Gasteiger partial charge in [0.05, 0.1) is 0 Å². The molecule has 0 amide bonds. The SMILES string of the molecule is [O]=[AlH].[O]=[Ce]. The van der Waals surface area contributed by atoms with E-state index in [0.29, 0.717) is 16.2 Å². The van der Waals surface area contributed by atoms with E-state index in [9.17, 15) is 0 Å². The Bertz CT molecular complexity index is 8.00. The van der Waals surface area contributed by atoms with Crippen LogP contribution >= 0.6 is 0 Å². The zero-order valence-corrected chi connectivity index (χ0v) is 6.58. The van der Waals surface area contributed by atoms with Crippen molar-refractivity contribution in [2.75, 3.05) is 0 Å². The van der Waals surface area contributed by atoms with Crippen LogP contribution in [0.4, 0.5) is 0 Å². The molecule has 0 unspecified atom stereocenters. The van der Waals surface area contributed by atoms with Crippen molar-refractivity contribution in [3.8, 4) is 0 Å². The topological polar surface area (TPSA) is 34.1 Å². The second-order valence-electron chi connectivity index (χ2n) is 0. The first-order valence-electron chi connectivity index (χ1n) is 0.493. The van der Waals surface area contributed by atoms with Gasteiger partial charge in [0.25, 0.3) is 0 Å². The number of hydrogen-bond acceptors (Lipinski definition) is 2. The van der Waals surface area contributed by atoms with Crippen LogP contribution in [0, 0.1) is 39.8 Å². The van der Waals surface area contributed by atoms with Crippen LogP contribution in [0.3, 0.4) is 0 Å². The Labute approximate surface area is 59.8 Å². The van der Waals surface area contributed by atoms with Crippen molar-refractivity contribution in [3.63, 3.8) is 0 Å². The fourth-order valence-corrected chi connectivity index (χ4v) is 0. The molecule has 0 fully saturated rings. The summed E-state index contributed by atoms with van der Waals surface area (Å²) in [6, 6.07) is 0. The summed E-state index contributed by atoms with van der Waals surface area (Å²) in [5.41, 5.74) is 0. The summed E-state index contributed by atoms with van der Waals surface area (Å²) < 4.78 is 16.7. The van der Waals surface area contributed by atoms with Gasteiger partial charge in [-0.2, -0.15) is 0 Å². The first kappa shape index (κ1) is 9.10. The molecule has 4 heavy (non-hydrogen) atoms. The van der Waals surface area contributed by atoms with Crippen molar-refractivity contribution in [2.24, 2.45) is 0 Å². The van der Waals surface area contributed by atoms with E-state index in [0.717, 1.165) is 0 Å². The second-order valence-corrected chi connectivity index (χ2v) is 0. The van der Waals surface area contributed by atoms with Crippen LogP contribution < -0.4 is 0 Å². The van der Waals surface area contributed by atoms with E-state index in [4.69, 9.17) is 4.74 Å². The van der Waals surface area contributed by atoms with Crippen LogP contribution in [-0.4, -0.2) is 16.2 Å². The molecular formula is HAlCeO2. The third-order valence-electron chi connectivity index (χ3n) is 0. The summed E-state index contributed by atoms with van der Waals surface area (Å²) in [4.78, 5) is 0. The quantitative estimate of drug-likeness (QED) is 0.475. The standard InChI is InChI=1S/Al.Ce.2O.H. The summed E-state index contributed by atoms with van der Waals surface area (Å²) in [6.07, 6.45) is 0. The van der Waals surface area contributed by atoms with Crippen molar-refractivity contribution in [1.29, 1.82) is 0 Å². The van der Waals surface area contributed by atoms with Gasteiger partial charge < -0.3 is 0 Å². The average molecular weight is 200 g/mol. The van der Waals surface area contributed by atoms with Crippen LogP contribution in [0.15, 0.2) is 0 Å². The Morgan fingerprint density at radius 1 is 1.25 bits per heavy atom. The van der Waals surface area contributed by atoms with Crippen molar-refractivity contribution < 1.29 is 44.5 Å². The molecule has 20 valence electrons. The molecule has 0 atom stereocenters. The van der Waals surface area contributed by atoms with Crippen molar-refractivity contribution in [2.45, 2.75) is 0 Å². The zero-order chi connectivity index (χ0) is 4.00. The molecule has 0 aromatic heterocycles. The van der Waals surface area contributed by atoms with Crippen molar-refractivity contribution in [3.05, 3.63) is 0 Å². The molecular weight excluding hydrogens is 199 g/mol.